The van der Waals surface area contributed by atoms with Gasteiger partial charge in [0.25, 0.3) is 0 Å². The molecule has 0 amide bonds. The maximum absolute atomic E-state index is 4.61. The molecule has 0 aliphatic carbocycles. The van der Waals surface area contributed by atoms with Crippen LogP contribution in [-0.2, 0) is 12.8 Å². The third-order valence-corrected chi connectivity index (χ3v) is 3.14. The molecule has 0 bridgehead atoms. The Kier molecular flexibility index (Phi) is 4.42. The molecule has 4 heteroatoms. The number of aromatic nitrogens is 3. The maximum atomic E-state index is 4.61. The predicted molar refractivity (Wildman–Crippen MR) is 67.7 cm³/mol. The van der Waals surface area contributed by atoms with Crippen LogP contribution in [0.5, 0.6) is 0 Å². The first kappa shape index (κ1) is 12.4. The number of nitrogens with zero attached hydrogens (tertiary/aromatic N) is 3. The van der Waals surface area contributed by atoms with Gasteiger partial charge < -0.3 is 5.32 Å². The van der Waals surface area contributed by atoms with E-state index in [9.17, 15) is 0 Å². The van der Waals surface area contributed by atoms with Gasteiger partial charge in [0.2, 0.25) is 0 Å². The smallest absolute Gasteiger partial charge is 0.151 e. The van der Waals surface area contributed by atoms with Crippen LogP contribution in [0.2, 0.25) is 0 Å². The fraction of sp³-hybridized carbons (Fsp3) is 0.769. The van der Waals surface area contributed by atoms with Gasteiger partial charge in [-0.1, -0.05) is 13.8 Å². The van der Waals surface area contributed by atoms with Gasteiger partial charge in [-0.2, -0.15) is 5.10 Å². The minimum Gasteiger partial charge on any atom is -0.316 e. The molecule has 2 heterocycles. The van der Waals surface area contributed by atoms with Crippen LogP contribution in [-0.4, -0.2) is 28.3 Å². The predicted octanol–water partition coefficient (Wildman–Crippen LogP) is 1.61. The zero-order valence-electron chi connectivity index (χ0n) is 10.8. The van der Waals surface area contributed by atoms with E-state index in [0.717, 1.165) is 37.4 Å². The molecule has 0 aromatic carbocycles. The first-order valence-electron chi connectivity index (χ1n) is 6.62. The van der Waals surface area contributed by atoms with Gasteiger partial charge in [-0.3, -0.25) is 0 Å². The van der Waals surface area contributed by atoms with Crippen LogP contribution in [0.1, 0.15) is 38.2 Å². The fourth-order valence-corrected chi connectivity index (χ4v) is 2.34. The lowest BCUT2D eigenvalue weighted by atomic mass is 9.96. The molecule has 1 saturated heterocycles. The number of rotatable bonds is 4. The van der Waals surface area contributed by atoms with Gasteiger partial charge in [-0.15, -0.1) is 5.10 Å². The lowest BCUT2D eigenvalue weighted by Crippen LogP contribution is -2.31. The average molecular weight is 234 g/mol. The van der Waals surface area contributed by atoms with E-state index >= 15 is 0 Å². The lowest BCUT2D eigenvalue weighted by molar-refractivity contribution is 0.369. The van der Waals surface area contributed by atoms with E-state index in [1.807, 2.05) is 0 Å². The molecule has 1 N–H and O–H groups in total. The molecular formula is C13H22N4. The van der Waals surface area contributed by atoms with Crippen LogP contribution in [0.4, 0.5) is 0 Å². The van der Waals surface area contributed by atoms with Crippen molar-refractivity contribution in [3.8, 4) is 0 Å². The highest BCUT2D eigenvalue weighted by molar-refractivity contribution is 4.98. The summed E-state index contributed by atoms with van der Waals surface area (Å²) in [6.07, 6.45) is 6.30. The van der Waals surface area contributed by atoms with Gasteiger partial charge in [0.15, 0.2) is 5.82 Å². The molecule has 1 atom stereocenters. The molecule has 0 spiro atoms. The van der Waals surface area contributed by atoms with E-state index in [-0.39, 0.29) is 0 Å². The molecular weight excluding hydrogens is 212 g/mol. The minimum absolute atomic E-state index is 0.621. The summed E-state index contributed by atoms with van der Waals surface area (Å²) in [5.41, 5.74) is 1.08. The van der Waals surface area contributed by atoms with Crippen molar-refractivity contribution in [2.75, 3.05) is 13.1 Å². The van der Waals surface area contributed by atoms with Crippen LogP contribution in [0.15, 0.2) is 6.20 Å². The molecule has 1 unspecified atom stereocenters. The number of hydrogen-bond donors (Lipinski definition) is 1. The van der Waals surface area contributed by atoms with E-state index in [2.05, 4.69) is 34.3 Å². The quantitative estimate of drug-likeness (QED) is 0.860. The van der Waals surface area contributed by atoms with Gasteiger partial charge in [0.05, 0.1) is 11.9 Å². The number of hydrogen-bond acceptors (Lipinski definition) is 4. The normalized spacial score (nSPS) is 20.8. The van der Waals surface area contributed by atoms with E-state index < -0.39 is 0 Å². The summed E-state index contributed by atoms with van der Waals surface area (Å²) in [5, 5.41) is 11.6. The standard InChI is InChI=1S/C13H22N4/c1-10(2)6-12-9-15-17-13(16-12)7-11-4-3-5-14-8-11/h9-11,14H,3-8H2,1-2H3. The third-order valence-electron chi connectivity index (χ3n) is 3.14. The highest BCUT2D eigenvalue weighted by Gasteiger charge is 2.15. The summed E-state index contributed by atoms with van der Waals surface area (Å²) in [5.74, 6) is 2.22. The van der Waals surface area contributed by atoms with Crippen molar-refractivity contribution in [3.63, 3.8) is 0 Å². The molecule has 17 heavy (non-hydrogen) atoms. The summed E-state index contributed by atoms with van der Waals surface area (Å²) in [6.45, 7) is 6.65. The molecule has 1 fully saturated rings. The van der Waals surface area contributed by atoms with Crippen molar-refractivity contribution < 1.29 is 0 Å². The first-order valence-corrected chi connectivity index (χ1v) is 6.62. The molecule has 94 valence electrons. The molecule has 1 aromatic heterocycles. The summed E-state index contributed by atoms with van der Waals surface area (Å²) in [7, 11) is 0. The zero-order valence-corrected chi connectivity index (χ0v) is 10.8. The molecule has 1 aromatic rings. The summed E-state index contributed by atoms with van der Waals surface area (Å²) >= 11 is 0. The van der Waals surface area contributed by atoms with Crippen molar-refractivity contribution in [1.29, 1.82) is 0 Å². The molecule has 2 rings (SSSR count). The van der Waals surface area contributed by atoms with Crippen LogP contribution < -0.4 is 5.32 Å². The van der Waals surface area contributed by atoms with Gasteiger partial charge in [-0.05, 0) is 44.2 Å². The molecule has 4 nitrogen and oxygen atoms in total. The third kappa shape index (κ3) is 4.04. The fourth-order valence-electron chi connectivity index (χ4n) is 2.34. The van der Waals surface area contributed by atoms with Crippen LogP contribution in [0, 0.1) is 11.8 Å². The topological polar surface area (TPSA) is 50.7 Å². The van der Waals surface area contributed by atoms with Crippen molar-refractivity contribution in [1.82, 2.24) is 20.5 Å². The lowest BCUT2D eigenvalue weighted by Gasteiger charge is -2.21. The van der Waals surface area contributed by atoms with E-state index in [1.165, 1.54) is 12.8 Å². The van der Waals surface area contributed by atoms with E-state index in [1.54, 1.807) is 6.20 Å². The largest absolute Gasteiger partial charge is 0.316 e. The Morgan fingerprint density at radius 2 is 2.35 bits per heavy atom. The Hall–Kier alpha value is -1.03. The average Bonchev–Trinajstić information content (AvgIpc) is 2.30. The molecule has 0 saturated carbocycles. The Morgan fingerprint density at radius 3 is 3.06 bits per heavy atom. The second kappa shape index (κ2) is 6.05. The summed E-state index contributed by atoms with van der Waals surface area (Å²) in [4.78, 5) is 4.61. The second-order valence-corrected chi connectivity index (χ2v) is 5.38. The van der Waals surface area contributed by atoms with Crippen LogP contribution in [0.25, 0.3) is 0 Å². The first-order chi connectivity index (χ1) is 8.24. The SMILES string of the molecule is CC(C)Cc1cnnc(CC2CCCNC2)n1. The van der Waals surface area contributed by atoms with Crippen LogP contribution in [0.3, 0.4) is 0 Å². The molecule has 0 radical (unpaired) electrons. The van der Waals surface area contributed by atoms with Crippen molar-refractivity contribution >= 4 is 0 Å². The Labute approximate surface area is 103 Å². The Bertz CT molecular complexity index is 345. The summed E-state index contributed by atoms with van der Waals surface area (Å²) < 4.78 is 0. The number of nitrogens with one attached hydrogen (secondary N) is 1. The van der Waals surface area contributed by atoms with E-state index in [4.69, 9.17) is 0 Å². The minimum atomic E-state index is 0.621. The Balaban J connectivity index is 1.95. The van der Waals surface area contributed by atoms with Crippen LogP contribution >= 0.6 is 0 Å². The van der Waals surface area contributed by atoms with Crippen molar-refractivity contribution in [3.05, 3.63) is 17.7 Å². The van der Waals surface area contributed by atoms with Gasteiger partial charge in [0.1, 0.15) is 0 Å². The summed E-state index contributed by atoms with van der Waals surface area (Å²) in [6, 6.07) is 0. The van der Waals surface area contributed by atoms with Gasteiger partial charge in [-0.25, -0.2) is 4.98 Å². The van der Waals surface area contributed by atoms with E-state index in [0.29, 0.717) is 11.8 Å². The zero-order chi connectivity index (χ0) is 12.1. The monoisotopic (exact) mass is 234 g/mol. The molecule has 1 aliphatic rings. The van der Waals surface area contributed by atoms with Gasteiger partial charge in [0, 0.05) is 6.42 Å². The van der Waals surface area contributed by atoms with Crippen molar-refractivity contribution in [2.24, 2.45) is 11.8 Å². The molecule has 1 aliphatic heterocycles. The van der Waals surface area contributed by atoms with Gasteiger partial charge >= 0.3 is 0 Å². The second-order valence-electron chi connectivity index (χ2n) is 5.38. The highest BCUT2D eigenvalue weighted by atomic mass is 15.1. The Morgan fingerprint density at radius 1 is 1.47 bits per heavy atom. The van der Waals surface area contributed by atoms with Crippen molar-refractivity contribution in [2.45, 2.75) is 39.5 Å². The number of piperidine rings is 1. The highest BCUT2D eigenvalue weighted by Crippen LogP contribution is 2.14. The maximum Gasteiger partial charge on any atom is 0.151 e.